The summed E-state index contributed by atoms with van der Waals surface area (Å²) in [4.78, 5) is 0. The van der Waals surface area contributed by atoms with E-state index in [-0.39, 0.29) is 38.5 Å². The molecule has 0 aliphatic carbocycles. The molecule has 8 heavy (non-hydrogen) atoms. The van der Waals surface area contributed by atoms with E-state index >= 15 is 0 Å². The molecule has 0 saturated carbocycles. The van der Waals surface area contributed by atoms with E-state index in [2.05, 4.69) is 24.7 Å². The second-order valence-electron chi connectivity index (χ2n) is 0.591. The summed E-state index contributed by atoms with van der Waals surface area (Å²) in [5, 5.41) is 10.0. The van der Waals surface area contributed by atoms with Gasteiger partial charge in [0, 0.05) is 32.7 Å². The van der Waals surface area contributed by atoms with E-state index in [0.717, 1.165) is 0 Å². The molecule has 0 aromatic carbocycles. The number of hydrogen-bond donors (Lipinski definition) is 2. The number of nitrogens with two attached hydrogens (primary N) is 1. The van der Waals surface area contributed by atoms with E-state index in [9.17, 15) is 0 Å². The first-order chi connectivity index (χ1) is 3.27. The van der Waals surface area contributed by atoms with Crippen LogP contribution in [-0.2, 0) is 32.7 Å². The molecule has 1 radical (unpaired) electrons. The second-order valence-corrected chi connectivity index (χ2v) is 0.591. The van der Waals surface area contributed by atoms with Gasteiger partial charge in [-0.25, -0.2) is 0 Å². The van der Waals surface area contributed by atoms with Crippen LogP contribution < -0.4 is 5.73 Å². The zero-order chi connectivity index (χ0) is 6.28. The summed E-state index contributed by atoms with van der Waals surface area (Å²) in [6.07, 6.45) is 0. The topological polar surface area (TPSA) is 58.6 Å². The van der Waals surface area contributed by atoms with Crippen LogP contribution in [0.1, 0.15) is 6.92 Å². The molecule has 3 N–H and O–H groups in total. The van der Waals surface area contributed by atoms with Crippen molar-refractivity contribution in [1.29, 1.82) is 0 Å². The first-order valence-corrected chi connectivity index (χ1v) is 1.77. The van der Waals surface area contributed by atoms with Crippen molar-refractivity contribution < 1.29 is 37.9 Å². The molecule has 0 atom stereocenters. The van der Waals surface area contributed by atoms with Crippen LogP contribution in [-0.4, -0.2) is 11.0 Å². The van der Waals surface area contributed by atoms with Crippen molar-refractivity contribution in [1.82, 2.24) is 0 Å². The molecule has 0 aliphatic rings. The van der Waals surface area contributed by atoms with Crippen LogP contribution in [0, 0.1) is 13.8 Å². The molecule has 0 rings (SSSR count). The summed E-state index contributed by atoms with van der Waals surface area (Å²) in [5.74, 6) is -0.0648. The summed E-state index contributed by atoms with van der Waals surface area (Å²) in [6, 6.07) is 0. The van der Waals surface area contributed by atoms with Gasteiger partial charge < -0.3 is 24.8 Å². The van der Waals surface area contributed by atoms with Gasteiger partial charge in [-0.15, -0.1) is 5.16 Å². The van der Waals surface area contributed by atoms with Gasteiger partial charge in [-0.05, 0) is 5.84 Å². The molecule has 0 spiro atoms. The smallest absolute Gasteiger partial charge is 0 e. The van der Waals surface area contributed by atoms with Gasteiger partial charge >= 0.3 is 0 Å². The van der Waals surface area contributed by atoms with Gasteiger partial charge in [-0.1, -0.05) is 0 Å². The van der Waals surface area contributed by atoms with Gasteiger partial charge in [0.15, 0.2) is 0 Å². The maximum Gasteiger partial charge on any atom is 0 e. The third-order valence-electron chi connectivity index (χ3n) is 0.128. The molecule has 47 valence electrons. The van der Waals surface area contributed by atoms with E-state index in [4.69, 9.17) is 5.21 Å². The van der Waals surface area contributed by atoms with Gasteiger partial charge in [0.25, 0.3) is 0 Å². The quantitative estimate of drug-likeness (QED) is 0.191. The van der Waals surface area contributed by atoms with Gasteiger partial charge in [0.05, 0.1) is 0 Å². The molecular weight excluding hydrogens is 181 g/mol. The van der Waals surface area contributed by atoms with Crippen molar-refractivity contribution in [3.63, 3.8) is 0 Å². The molecule has 0 aromatic rings. The Morgan fingerprint density at radius 3 is 1.75 bits per heavy atom. The fourth-order valence-electron chi connectivity index (χ4n) is 0. The van der Waals surface area contributed by atoms with Crippen molar-refractivity contribution in [2.24, 2.45) is 10.9 Å². The average molecular weight is 191 g/mol. The molecular formula is C4H10N2OY-2. The predicted octanol–water partition coefficient (Wildman–Crippen LogP) is 0.405. The fraction of sp³-hybridized carbons (Fsp3) is 0.250. The average Bonchev–Trinajstić information content (AvgIpc) is 1.73. The molecule has 3 nitrogen and oxygen atoms in total. The molecule has 4 heteroatoms. The summed E-state index contributed by atoms with van der Waals surface area (Å²) >= 11 is 0. The number of hydrogen-bond acceptors (Lipinski definition) is 2. The monoisotopic (exact) mass is 191 g/mol. The Balaban J connectivity index is -0.0000000750. The van der Waals surface area contributed by atoms with Crippen LogP contribution >= 0.6 is 0 Å². The van der Waals surface area contributed by atoms with Crippen LogP contribution in [0.5, 0.6) is 0 Å². The van der Waals surface area contributed by atoms with Crippen molar-refractivity contribution >= 4 is 5.84 Å². The third-order valence-corrected chi connectivity index (χ3v) is 0.128. The number of nitrogens with zero attached hydrogens (tertiary/aromatic N) is 1. The van der Waals surface area contributed by atoms with Gasteiger partial charge in [0.1, 0.15) is 0 Å². The Labute approximate surface area is 75.2 Å². The largest absolute Gasteiger partial charge is 0.412 e. The minimum absolute atomic E-state index is 0. The Morgan fingerprint density at radius 2 is 1.75 bits per heavy atom. The SMILES string of the molecule is [CH2-]/C(N)=N/O.[CH2-]C.[Y]. The summed E-state index contributed by atoms with van der Waals surface area (Å²) in [5.41, 5.74) is 4.68. The molecule has 0 amide bonds. The first kappa shape index (κ1) is 15.7. The number of rotatable bonds is 0. The van der Waals surface area contributed by atoms with Crippen molar-refractivity contribution in [3.8, 4) is 0 Å². The minimum atomic E-state index is -0.0648. The van der Waals surface area contributed by atoms with E-state index in [1.54, 1.807) is 6.92 Å². The molecule has 0 unspecified atom stereocenters. The molecule has 0 aromatic heterocycles. The maximum atomic E-state index is 7.54. The molecule has 0 heterocycles. The standard InChI is InChI=1S/C2H5N2O.C2H5.Y/c1-2(3)4-5;1-2;/h5H,1H2,(H2,3,4);1H2,2H3;/q2*-1;. The summed E-state index contributed by atoms with van der Waals surface area (Å²) in [7, 11) is 0. The Kier molecular flexibility index (Phi) is 30.8. The first-order valence-electron chi connectivity index (χ1n) is 1.77. The Bertz CT molecular complexity index is 52.0. The summed E-state index contributed by atoms with van der Waals surface area (Å²) < 4.78 is 0. The zero-order valence-electron chi connectivity index (χ0n) is 4.96. The van der Waals surface area contributed by atoms with E-state index < -0.39 is 0 Å². The normalized spacial score (nSPS) is 8.00. The number of amidine groups is 1. The summed E-state index contributed by atoms with van der Waals surface area (Å²) in [6.45, 7) is 8.03. The van der Waals surface area contributed by atoms with E-state index in [0.29, 0.717) is 0 Å². The molecule has 0 aliphatic heterocycles. The maximum absolute atomic E-state index is 7.54. The minimum Gasteiger partial charge on any atom is -0.412 e. The van der Waals surface area contributed by atoms with Gasteiger partial charge in [0.2, 0.25) is 0 Å². The molecule has 0 saturated heterocycles. The van der Waals surface area contributed by atoms with Crippen LogP contribution in [0.4, 0.5) is 0 Å². The van der Waals surface area contributed by atoms with Crippen molar-refractivity contribution in [3.05, 3.63) is 13.8 Å². The van der Waals surface area contributed by atoms with E-state index in [1.165, 1.54) is 0 Å². The second kappa shape index (κ2) is 15.7. The van der Waals surface area contributed by atoms with Crippen LogP contribution in [0.2, 0.25) is 0 Å². The fourth-order valence-corrected chi connectivity index (χ4v) is 0. The predicted molar refractivity (Wildman–Crippen MR) is 29.8 cm³/mol. The molecule has 0 bridgehead atoms. The van der Waals surface area contributed by atoms with E-state index in [1.807, 2.05) is 0 Å². The van der Waals surface area contributed by atoms with Crippen LogP contribution in [0.15, 0.2) is 5.16 Å². The van der Waals surface area contributed by atoms with Crippen molar-refractivity contribution in [2.75, 3.05) is 0 Å². The number of oxime groups is 1. The zero-order valence-corrected chi connectivity index (χ0v) is 7.80. The van der Waals surface area contributed by atoms with Gasteiger partial charge in [-0.2, -0.15) is 6.92 Å². The third kappa shape index (κ3) is 34.1. The molecule has 0 fully saturated rings. The van der Waals surface area contributed by atoms with Gasteiger partial charge in [-0.3, -0.25) is 0 Å². The van der Waals surface area contributed by atoms with Crippen LogP contribution in [0.25, 0.3) is 0 Å². The van der Waals surface area contributed by atoms with Crippen molar-refractivity contribution in [2.45, 2.75) is 6.92 Å². The Hall–Kier alpha value is 0.244. The Morgan fingerprint density at radius 1 is 1.62 bits per heavy atom. The van der Waals surface area contributed by atoms with Crippen LogP contribution in [0.3, 0.4) is 0 Å².